The van der Waals surface area contributed by atoms with E-state index >= 15 is 0 Å². The maximum atomic E-state index is 9.90. The molecular formula is C3HN3O2Se. The molecule has 46 valence electrons. The molecule has 5 nitrogen and oxygen atoms in total. The zero-order valence-corrected chi connectivity index (χ0v) is 5.86. The summed E-state index contributed by atoms with van der Waals surface area (Å²) in [5.74, 6) is -0.219. The van der Waals surface area contributed by atoms with Gasteiger partial charge < -0.3 is 0 Å². The summed E-state index contributed by atoms with van der Waals surface area (Å²) in [5.41, 5.74) is 0. The molecule has 1 aliphatic heterocycles. The molecule has 0 saturated carbocycles. The van der Waals surface area contributed by atoms with Gasteiger partial charge in [0.2, 0.25) is 0 Å². The number of hydrogen-bond acceptors (Lipinski definition) is 4. The number of nitrogens with zero attached hydrogens (tertiary/aromatic N) is 3. The first-order valence-corrected chi connectivity index (χ1v) is 2.87. The van der Waals surface area contributed by atoms with Crippen LogP contribution in [0.4, 0.5) is 0 Å². The molecule has 0 aromatic carbocycles. The molecule has 0 atom stereocenters. The van der Waals surface area contributed by atoms with Crippen LogP contribution in [0.15, 0.2) is 9.98 Å². The van der Waals surface area contributed by atoms with Crippen molar-refractivity contribution in [2.45, 2.75) is 0 Å². The molecule has 9 heavy (non-hydrogen) atoms. The van der Waals surface area contributed by atoms with Crippen molar-refractivity contribution < 1.29 is 4.92 Å². The molecule has 0 aliphatic carbocycles. The second-order valence-electron chi connectivity index (χ2n) is 1.27. The molecule has 6 heteroatoms. The van der Waals surface area contributed by atoms with Crippen molar-refractivity contribution in [1.29, 1.82) is 0 Å². The van der Waals surface area contributed by atoms with E-state index in [1.54, 1.807) is 0 Å². The Labute approximate surface area is 58.0 Å². The SMILES string of the molecule is O=[N+]([O-])C1=NC(=[Se])N=C1. The van der Waals surface area contributed by atoms with Gasteiger partial charge >= 0.3 is 57.3 Å². The normalized spacial score (nSPS) is 16.0. The van der Waals surface area contributed by atoms with E-state index in [1.165, 1.54) is 0 Å². The Balaban J connectivity index is 2.88. The van der Waals surface area contributed by atoms with E-state index in [0.29, 0.717) is 4.67 Å². The molecule has 0 spiro atoms. The predicted molar refractivity (Wildman–Crippen MR) is 33.7 cm³/mol. The van der Waals surface area contributed by atoms with Crippen LogP contribution in [-0.4, -0.2) is 37.2 Å². The fraction of sp³-hybridized carbons (Fsp3) is 0. The fourth-order valence-electron chi connectivity index (χ4n) is 0.357. The number of nitro groups is 1. The Kier molecular flexibility index (Phi) is 1.50. The molecule has 0 aromatic rings. The summed E-state index contributed by atoms with van der Waals surface area (Å²) in [6, 6.07) is 0. The third-order valence-corrected chi connectivity index (χ3v) is 1.10. The van der Waals surface area contributed by atoms with Gasteiger partial charge in [0, 0.05) is 0 Å². The summed E-state index contributed by atoms with van der Waals surface area (Å²) in [5, 5.41) is 9.90. The van der Waals surface area contributed by atoms with Gasteiger partial charge in [-0.25, -0.2) is 0 Å². The van der Waals surface area contributed by atoms with E-state index in [0.717, 1.165) is 6.21 Å². The Hall–Kier alpha value is -0.871. The summed E-state index contributed by atoms with van der Waals surface area (Å²) in [7, 11) is 0. The first kappa shape index (κ1) is 6.25. The molecule has 0 saturated heterocycles. The molecule has 0 N–H and O–H groups in total. The van der Waals surface area contributed by atoms with Crippen LogP contribution in [0.3, 0.4) is 0 Å². The summed E-state index contributed by atoms with van der Waals surface area (Å²) in [4.78, 5) is 16.3. The van der Waals surface area contributed by atoms with Gasteiger partial charge in [-0.15, -0.1) is 0 Å². The first-order valence-electron chi connectivity index (χ1n) is 2.01. The van der Waals surface area contributed by atoms with E-state index in [1.807, 2.05) is 0 Å². The minimum absolute atomic E-state index is 0.219. The van der Waals surface area contributed by atoms with Crippen LogP contribution >= 0.6 is 0 Å². The predicted octanol–water partition coefficient (Wildman–Crippen LogP) is -0.998. The van der Waals surface area contributed by atoms with E-state index < -0.39 is 4.92 Å². The molecule has 1 aliphatic rings. The topological polar surface area (TPSA) is 67.9 Å². The van der Waals surface area contributed by atoms with Gasteiger partial charge in [-0.05, 0) is 0 Å². The standard InChI is InChI=1S/C3HN3O2Se/c7-6(8)2-1-4-3(9)5-2/h1H. The van der Waals surface area contributed by atoms with Gasteiger partial charge in [0.05, 0.1) is 0 Å². The van der Waals surface area contributed by atoms with Gasteiger partial charge in [-0.2, -0.15) is 0 Å². The molecule has 1 heterocycles. The molecular weight excluding hydrogens is 189 g/mol. The molecule has 0 fully saturated rings. The Morgan fingerprint density at radius 1 is 1.78 bits per heavy atom. The summed E-state index contributed by atoms with van der Waals surface area (Å²) >= 11 is 2.45. The number of hydrogen-bond donors (Lipinski definition) is 0. The quantitative estimate of drug-likeness (QED) is 0.279. The zero-order chi connectivity index (χ0) is 6.85. The van der Waals surface area contributed by atoms with E-state index in [4.69, 9.17) is 0 Å². The van der Waals surface area contributed by atoms with Crippen LogP contribution in [0.25, 0.3) is 0 Å². The van der Waals surface area contributed by atoms with Crippen LogP contribution in [0.1, 0.15) is 0 Å². The van der Waals surface area contributed by atoms with E-state index in [-0.39, 0.29) is 5.84 Å². The molecule has 0 bridgehead atoms. The fourth-order valence-corrected chi connectivity index (χ4v) is 0.663. The van der Waals surface area contributed by atoms with Gasteiger partial charge in [0.1, 0.15) is 0 Å². The molecule has 1 rings (SSSR count). The summed E-state index contributed by atoms with van der Waals surface area (Å²) in [6.45, 7) is 0. The van der Waals surface area contributed by atoms with Crippen LogP contribution in [0, 0.1) is 10.1 Å². The van der Waals surface area contributed by atoms with Crippen LogP contribution < -0.4 is 0 Å². The summed E-state index contributed by atoms with van der Waals surface area (Å²) in [6.07, 6.45) is 1.10. The molecule has 0 amide bonds. The number of amidine groups is 1. The van der Waals surface area contributed by atoms with Crippen LogP contribution in [0.5, 0.6) is 0 Å². The van der Waals surface area contributed by atoms with Gasteiger partial charge in [0.25, 0.3) is 0 Å². The van der Waals surface area contributed by atoms with E-state index in [2.05, 4.69) is 25.6 Å². The van der Waals surface area contributed by atoms with Gasteiger partial charge in [0.15, 0.2) is 0 Å². The number of aliphatic imine (C=N–C) groups is 2. The third-order valence-electron chi connectivity index (χ3n) is 0.688. The van der Waals surface area contributed by atoms with Crippen molar-refractivity contribution in [3.63, 3.8) is 0 Å². The first-order chi connectivity index (χ1) is 4.20. The monoisotopic (exact) mass is 191 g/mol. The van der Waals surface area contributed by atoms with Gasteiger partial charge in [-0.3, -0.25) is 0 Å². The van der Waals surface area contributed by atoms with Crippen molar-refractivity contribution in [1.82, 2.24) is 0 Å². The second-order valence-corrected chi connectivity index (χ2v) is 2.03. The second kappa shape index (κ2) is 2.16. The van der Waals surface area contributed by atoms with Crippen molar-refractivity contribution in [3.8, 4) is 0 Å². The Morgan fingerprint density at radius 3 is 2.67 bits per heavy atom. The molecule has 0 radical (unpaired) electrons. The third kappa shape index (κ3) is 1.28. The van der Waals surface area contributed by atoms with Crippen molar-refractivity contribution in [2.24, 2.45) is 9.98 Å². The van der Waals surface area contributed by atoms with Crippen molar-refractivity contribution in [2.75, 3.05) is 0 Å². The van der Waals surface area contributed by atoms with Crippen LogP contribution in [0.2, 0.25) is 0 Å². The Morgan fingerprint density at radius 2 is 2.44 bits per heavy atom. The maximum absolute atomic E-state index is 9.90. The minimum atomic E-state index is -0.589. The molecule has 0 aromatic heterocycles. The van der Waals surface area contributed by atoms with Gasteiger partial charge in [-0.1, -0.05) is 0 Å². The van der Waals surface area contributed by atoms with Crippen molar-refractivity contribution in [3.05, 3.63) is 10.1 Å². The van der Waals surface area contributed by atoms with E-state index in [9.17, 15) is 10.1 Å². The zero-order valence-electron chi connectivity index (χ0n) is 4.14. The Bertz CT molecular complexity index is 231. The average molecular weight is 190 g/mol. The average Bonchev–Trinajstić information content (AvgIpc) is 2.14. The number of rotatable bonds is 0. The van der Waals surface area contributed by atoms with Crippen molar-refractivity contribution >= 4 is 32.3 Å². The van der Waals surface area contributed by atoms with Crippen LogP contribution in [-0.2, 0) is 0 Å². The molecule has 0 unspecified atom stereocenters. The summed E-state index contributed by atoms with van der Waals surface area (Å²) < 4.78 is 0.307.